The molecule has 1 heterocycles. The Morgan fingerprint density at radius 3 is 2.59 bits per heavy atom. The number of hydrogen-bond acceptors (Lipinski definition) is 4. The van der Waals surface area contributed by atoms with E-state index in [9.17, 15) is 9.59 Å². The Labute approximate surface area is 173 Å². The average Bonchev–Trinajstić information content (AvgIpc) is 3.06. The van der Waals surface area contributed by atoms with E-state index < -0.39 is 0 Å². The lowest BCUT2D eigenvalue weighted by Crippen LogP contribution is -2.34. The van der Waals surface area contributed by atoms with Crippen molar-refractivity contribution in [2.45, 2.75) is 34.2 Å². The zero-order valence-electron chi connectivity index (χ0n) is 16.2. The topological polar surface area (TPSA) is 62.3 Å². The summed E-state index contributed by atoms with van der Waals surface area (Å²) in [5.41, 5.74) is 1.05. The fourth-order valence-corrected chi connectivity index (χ4v) is 3.69. The van der Waals surface area contributed by atoms with Gasteiger partial charge in [0.05, 0.1) is 6.54 Å². The van der Waals surface area contributed by atoms with Gasteiger partial charge in [-0.15, -0.1) is 11.3 Å². The van der Waals surface area contributed by atoms with Crippen LogP contribution in [0.1, 0.15) is 53.5 Å². The minimum Gasteiger partial charge on any atom is -0.350 e. The molecule has 0 saturated heterocycles. The Morgan fingerprint density at radius 1 is 1.22 bits per heavy atom. The summed E-state index contributed by atoms with van der Waals surface area (Å²) in [4.78, 5) is 31.3. The Morgan fingerprint density at radius 2 is 1.96 bits per heavy atom. The van der Waals surface area contributed by atoms with E-state index in [2.05, 4.69) is 40.1 Å². The van der Waals surface area contributed by atoms with Crippen molar-refractivity contribution in [3.63, 3.8) is 0 Å². The molecule has 1 aromatic carbocycles. The van der Waals surface area contributed by atoms with Gasteiger partial charge in [0, 0.05) is 28.5 Å². The highest BCUT2D eigenvalue weighted by Crippen LogP contribution is 2.18. The monoisotopic (exact) mass is 451 g/mol. The van der Waals surface area contributed by atoms with Gasteiger partial charge in [-0.1, -0.05) is 49.7 Å². The largest absolute Gasteiger partial charge is 0.350 e. The number of carbonyl (C=O) groups excluding carboxylic acids is 2. The number of thiazole rings is 1. The van der Waals surface area contributed by atoms with Crippen LogP contribution in [0.15, 0.2) is 34.1 Å². The highest BCUT2D eigenvalue weighted by Gasteiger charge is 2.20. The van der Waals surface area contributed by atoms with Crippen LogP contribution in [0.4, 0.5) is 0 Å². The first-order valence-electron chi connectivity index (χ1n) is 9.03. The van der Waals surface area contributed by atoms with Crippen LogP contribution < -0.4 is 5.32 Å². The number of halogens is 1. The highest BCUT2D eigenvalue weighted by molar-refractivity contribution is 9.10. The van der Waals surface area contributed by atoms with E-state index in [4.69, 9.17) is 0 Å². The van der Waals surface area contributed by atoms with E-state index in [1.54, 1.807) is 10.3 Å². The second-order valence-corrected chi connectivity index (χ2v) is 9.18. The van der Waals surface area contributed by atoms with Gasteiger partial charge in [-0.25, -0.2) is 4.98 Å². The lowest BCUT2D eigenvalue weighted by atomic mass is 10.1. The molecule has 5 nitrogen and oxygen atoms in total. The van der Waals surface area contributed by atoms with Crippen molar-refractivity contribution >= 4 is 39.1 Å². The molecular formula is C20H26BrN3O2S. The number of aromatic nitrogens is 1. The van der Waals surface area contributed by atoms with Crippen LogP contribution in [-0.4, -0.2) is 34.8 Å². The minimum atomic E-state index is -0.167. The molecule has 0 fully saturated rings. The molecule has 27 heavy (non-hydrogen) atoms. The molecular weight excluding hydrogens is 426 g/mol. The van der Waals surface area contributed by atoms with Crippen molar-refractivity contribution in [1.82, 2.24) is 15.2 Å². The van der Waals surface area contributed by atoms with Crippen molar-refractivity contribution in [3.8, 4) is 0 Å². The summed E-state index contributed by atoms with van der Waals surface area (Å²) in [5.74, 6) is 0.511. The number of nitrogens with zero attached hydrogens (tertiary/aromatic N) is 2. The predicted molar refractivity (Wildman–Crippen MR) is 113 cm³/mol. The third-order valence-electron chi connectivity index (χ3n) is 3.73. The molecule has 2 amide bonds. The van der Waals surface area contributed by atoms with Gasteiger partial charge in [0.15, 0.2) is 0 Å². The maximum absolute atomic E-state index is 13.0. The molecule has 1 aromatic heterocycles. The first-order chi connectivity index (χ1) is 12.8. The first-order valence-corrected chi connectivity index (χ1v) is 10.7. The Kier molecular flexibility index (Phi) is 7.98. The van der Waals surface area contributed by atoms with Gasteiger partial charge < -0.3 is 10.2 Å². The predicted octanol–water partition coefficient (Wildman–Crippen LogP) is 4.59. The molecule has 0 atom stereocenters. The third kappa shape index (κ3) is 6.74. The van der Waals surface area contributed by atoms with Crippen molar-refractivity contribution in [2.24, 2.45) is 11.8 Å². The van der Waals surface area contributed by atoms with Crippen LogP contribution in [0.25, 0.3) is 0 Å². The van der Waals surface area contributed by atoms with Crippen LogP contribution in [0.2, 0.25) is 0 Å². The standard InChI is InChI=1S/C20H26BrN3O2S/c1-13(2)9-22-19(25)17-12-27-18(23-17)11-24(10-14(3)4)20(26)15-6-5-7-16(21)8-15/h5-8,12-14H,9-11H2,1-4H3,(H,22,25). The molecule has 0 unspecified atom stereocenters. The average molecular weight is 452 g/mol. The summed E-state index contributed by atoms with van der Waals surface area (Å²) in [7, 11) is 0. The van der Waals surface area contributed by atoms with Crippen LogP contribution >= 0.6 is 27.3 Å². The number of amides is 2. The quantitative estimate of drug-likeness (QED) is 0.637. The fraction of sp³-hybridized carbons (Fsp3) is 0.450. The van der Waals surface area contributed by atoms with E-state index >= 15 is 0 Å². The molecule has 0 spiro atoms. The number of hydrogen-bond donors (Lipinski definition) is 1. The number of rotatable bonds is 8. The number of nitrogens with one attached hydrogen (secondary N) is 1. The summed E-state index contributed by atoms with van der Waals surface area (Å²) in [6.07, 6.45) is 0. The van der Waals surface area contributed by atoms with Gasteiger partial charge in [0.1, 0.15) is 10.7 Å². The summed E-state index contributed by atoms with van der Waals surface area (Å²) in [6, 6.07) is 7.38. The Hall–Kier alpha value is -1.73. The molecule has 0 bridgehead atoms. The maximum Gasteiger partial charge on any atom is 0.270 e. The smallest absolute Gasteiger partial charge is 0.270 e. The van der Waals surface area contributed by atoms with Gasteiger partial charge in [0.2, 0.25) is 0 Å². The molecule has 0 aliphatic carbocycles. The van der Waals surface area contributed by atoms with E-state index in [-0.39, 0.29) is 11.8 Å². The molecule has 1 N–H and O–H groups in total. The summed E-state index contributed by atoms with van der Waals surface area (Å²) in [5, 5.41) is 5.38. The lowest BCUT2D eigenvalue weighted by Gasteiger charge is -2.24. The summed E-state index contributed by atoms with van der Waals surface area (Å²) >= 11 is 4.82. The molecule has 0 aliphatic rings. The first kappa shape index (κ1) is 21.6. The van der Waals surface area contributed by atoms with Gasteiger partial charge >= 0.3 is 0 Å². The van der Waals surface area contributed by atoms with Crippen molar-refractivity contribution in [1.29, 1.82) is 0 Å². The molecule has 146 valence electrons. The van der Waals surface area contributed by atoms with E-state index in [0.717, 1.165) is 9.48 Å². The molecule has 0 radical (unpaired) electrons. The van der Waals surface area contributed by atoms with E-state index in [1.165, 1.54) is 11.3 Å². The van der Waals surface area contributed by atoms with Gasteiger partial charge in [-0.2, -0.15) is 0 Å². The zero-order chi connectivity index (χ0) is 20.0. The molecule has 0 saturated carbocycles. The molecule has 2 rings (SSSR count). The number of benzene rings is 1. The van der Waals surface area contributed by atoms with Gasteiger partial charge in [-0.3, -0.25) is 9.59 Å². The Bertz CT molecular complexity index is 789. The van der Waals surface area contributed by atoms with Gasteiger partial charge in [0.25, 0.3) is 11.8 Å². The van der Waals surface area contributed by atoms with Crippen LogP contribution in [0.3, 0.4) is 0 Å². The lowest BCUT2D eigenvalue weighted by molar-refractivity contribution is 0.0722. The SMILES string of the molecule is CC(C)CNC(=O)c1csc(CN(CC(C)C)C(=O)c2cccc(Br)c2)n1. The van der Waals surface area contributed by atoms with Gasteiger partial charge in [-0.05, 0) is 30.0 Å². The molecule has 0 aliphatic heterocycles. The van der Waals surface area contributed by atoms with Crippen LogP contribution in [-0.2, 0) is 6.54 Å². The molecule has 7 heteroatoms. The minimum absolute atomic E-state index is 0.0361. The van der Waals surface area contributed by atoms with Crippen molar-refractivity contribution in [2.75, 3.05) is 13.1 Å². The van der Waals surface area contributed by atoms with Crippen molar-refractivity contribution in [3.05, 3.63) is 50.4 Å². The van der Waals surface area contributed by atoms with Crippen LogP contribution in [0.5, 0.6) is 0 Å². The van der Waals surface area contributed by atoms with Crippen molar-refractivity contribution < 1.29 is 9.59 Å². The fourth-order valence-electron chi connectivity index (χ4n) is 2.50. The number of carbonyl (C=O) groups is 2. The third-order valence-corrected chi connectivity index (χ3v) is 5.05. The maximum atomic E-state index is 13.0. The zero-order valence-corrected chi connectivity index (χ0v) is 18.6. The highest BCUT2D eigenvalue weighted by atomic mass is 79.9. The van der Waals surface area contributed by atoms with E-state index in [0.29, 0.717) is 42.7 Å². The summed E-state index contributed by atoms with van der Waals surface area (Å²) < 4.78 is 0.871. The summed E-state index contributed by atoms with van der Waals surface area (Å²) in [6.45, 7) is 9.88. The second-order valence-electron chi connectivity index (χ2n) is 7.32. The molecule has 2 aromatic rings. The Balaban J connectivity index is 2.12. The van der Waals surface area contributed by atoms with Crippen LogP contribution in [0, 0.1) is 11.8 Å². The van der Waals surface area contributed by atoms with E-state index in [1.807, 2.05) is 38.1 Å². The normalized spacial score (nSPS) is 11.1. The second kappa shape index (κ2) is 9.99.